The molecular weight excluding hydrogens is 470 g/mol. The van der Waals surface area contributed by atoms with Crippen molar-refractivity contribution in [2.75, 3.05) is 4.72 Å². The molecule has 0 saturated heterocycles. The molecule has 4 rings (SSSR count). The molecule has 0 radical (unpaired) electrons. The molecule has 7 nitrogen and oxygen atoms in total. The minimum absolute atomic E-state index is 0.214. The SMILES string of the molecule is CCc1cccc(S(=O)(=O)Nc2ccc3c(c2)nc(C)n3S(=O)(=O)c2cccc(C)c2C)c1C. The molecule has 0 spiro atoms. The fraction of sp³-hybridized carbons (Fsp3) is 0.240. The van der Waals surface area contributed by atoms with E-state index in [4.69, 9.17) is 0 Å². The number of rotatable bonds is 6. The standard InChI is InChI=1S/C25H27N3O4S2/c1-6-20-10-8-11-24(18(20)4)33(29,30)27-21-13-14-23-22(15-21)26-19(5)28(23)34(31,32)25-12-7-9-16(2)17(25)3/h7-15,27H,6H2,1-5H3. The van der Waals surface area contributed by atoms with E-state index in [1.165, 1.54) is 3.97 Å². The fourth-order valence-corrected chi connectivity index (χ4v) is 7.33. The molecule has 0 unspecified atom stereocenters. The molecule has 1 N–H and O–H groups in total. The molecule has 0 bridgehead atoms. The number of hydrogen-bond donors (Lipinski definition) is 1. The van der Waals surface area contributed by atoms with Crippen LogP contribution in [0, 0.1) is 27.7 Å². The lowest BCUT2D eigenvalue weighted by Gasteiger charge is -2.14. The zero-order chi connectivity index (χ0) is 24.8. The Morgan fingerprint density at radius 2 is 1.53 bits per heavy atom. The third-order valence-electron chi connectivity index (χ3n) is 6.16. The molecular formula is C25H27N3O4S2. The van der Waals surface area contributed by atoms with Crippen LogP contribution in [0.2, 0.25) is 0 Å². The zero-order valence-corrected chi connectivity index (χ0v) is 21.4. The van der Waals surface area contributed by atoms with E-state index in [1.807, 2.05) is 26.0 Å². The molecule has 0 saturated carbocycles. The third kappa shape index (κ3) is 3.99. The van der Waals surface area contributed by atoms with Gasteiger partial charge < -0.3 is 0 Å². The van der Waals surface area contributed by atoms with Crippen LogP contribution < -0.4 is 4.72 Å². The normalized spacial score (nSPS) is 12.3. The van der Waals surface area contributed by atoms with Crippen LogP contribution in [-0.2, 0) is 26.5 Å². The predicted molar refractivity (Wildman–Crippen MR) is 134 cm³/mol. The number of nitrogens with zero attached hydrogens (tertiary/aromatic N) is 2. The van der Waals surface area contributed by atoms with Crippen molar-refractivity contribution in [3.05, 3.63) is 82.7 Å². The van der Waals surface area contributed by atoms with Gasteiger partial charge in [0.25, 0.3) is 20.0 Å². The molecule has 0 amide bonds. The van der Waals surface area contributed by atoms with Gasteiger partial charge in [-0.2, -0.15) is 0 Å². The monoisotopic (exact) mass is 497 g/mol. The topological polar surface area (TPSA) is 98.1 Å². The summed E-state index contributed by atoms with van der Waals surface area (Å²) in [6.07, 6.45) is 0.729. The number of hydrogen-bond acceptors (Lipinski definition) is 5. The van der Waals surface area contributed by atoms with Crippen molar-refractivity contribution in [2.24, 2.45) is 0 Å². The minimum atomic E-state index is -3.89. The number of nitrogens with one attached hydrogen (secondary N) is 1. The maximum absolute atomic E-state index is 13.5. The summed E-state index contributed by atoms with van der Waals surface area (Å²) < 4.78 is 57.0. The Bertz CT molecular complexity index is 1640. The number of sulfonamides is 1. The summed E-state index contributed by atoms with van der Waals surface area (Å²) in [4.78, 5) is 4.84. The highest BCUT2D eigenvalue weighted by atomic mass is 32.2. The first-order valence-corrected chi connectivity index (χ1v) is 13.8. The number of benzene rings is 3. The minimum Gasteiger partial charge on any atom is -0.280 e. The summed E-state index contributed by atoms with van der Waals surface area (Å²) in [5, 5.41) is 0. The van der Waals surface area contributed by atoms with E-state index in [2.05, 4.69) is 9.71 Å². The first kappa shape index (κ1) is 24.0. The van der Waals surface area contributed by atoms with Gasteiger partial charge in [0.2, 0.25) is 0 Å². The molecule has 0 aliphatic rings. The maximum Gasteiger partial charge on any atom is 0.269 e. The largest absolute Gasteiger partial charge is 0.280 e. The number of aromatic nitrogens is 2. The van der Waals surface area contributed by atoms with Crippen molar-refractivity contribution in [3.8, 4) is 0 Å². The second-order valence-electron chi connectivity index (χ2n) is 8.33. The van der Waals surface area contributed by atoms with Gasteiger partial charge in [0.05, 0.1) is 26.5 Å². The average molecular weight is 498 g/mol. The van der Waals surface area contributed by atoms with Crippen molar-refractivity contribution in [3.63, 3.8) is 0 Å². The van der Waals surface area contributed by atoms with E-state index in [1.54, 1.807) is 63.2 Å². The van der Waals surface area contributed by atoms with Gasteiger partial charge in [0, 0.05) is 0 Å². The van der Waals surface area contributed by atoms with Gasteiger partial charge >= 0.3 is 0 Å². The molecule has 0 fully saturated rings. The number of fused-ring (bicyclic) bond motifs is 1. The fourth-order valence-electron chi connectivity index (χ4n) is 4.19. The first-order chi connectivity index (χ1) is 16.0. The van der Waals surface area contributed by atoms with E-state index in [0.717, 1.165) is 17.5 Å². The quantitative estimate of drug-likeness (QED) is 0.410. The Morgan fingerprint density at radius 1 is 0.853 bits per heavy atom. The van der Waals surface area contributed by atoms with E-state index < -0.39 is 20.0 Å². The van der Waals surface area contributed by atoms with E-state index in [9.17, 15) is 16.8 Å². The third-order valence-corrected chi connectivity index (χ3v) is 9.63. The molecule has 1 aromatic heterocycles. The van der Waals surface area contributed by atoms with Crippen molar-refractivity contribution in [2.45, 2.75) is 50.8 Å². The number of imidazole rings is 1. The Kier molecular flexibility index (Phi) is 6.03. The van der Waals surface area contributed by atoms with Crippen LogP contribution in [0.1, 0.15) is 35.0 Å². The van der Waals surface area contributed by atoms with Gasteiger partial charge in [-0.3, -0.25) is 4.72 Å². The van der Waals surface area contributed by atoms with Crippen LogP contribution in [0.4, 0.5) is 5.69 Å². The molecule has 1 heterocycles. The Hall–Kier alpha value is -3.17. The lowest BCUT2D eigenvalue weighted by Crippen LogP contribution is -2.16. The summed E-state index contributed by atoms with van der Waals surface area (Å²) in [6.45, 7) is 9.03. The molecule has 0 atom stereocenters. The highest BCUT2D eigenvalue weighted by Gasteiger charge is 2.25. The highest BCUT2D eigenvalue weighted by molar-refractivity contribution is 7.92. The lowest BCUT2D eigenvalue weighted by molar-refractivity contribution is 0.586. The average Bonchev–Trinajstić information content (AvgIpc) is 3.10. The summed E-state index contributed by atoms with van der Waals surface area (Å²) in [7, 11) is -7.73. The summed E-state index contributed by atoms with van der Waals surface area (Å²) in [6, 6.07) is 15.0. The van der Waals surface area contributed by atoms with Crippen molar-refractivity contribution < 1.29 is 16.8 Å². The highest BCUT2D eigenvalue weighted by Crippen LogP contribution is 2.29. The smallest absolute Gasteiger partial charge is 0.269 e. The second kappa shape index (κ2) is 8.56. The van der Waals surface area contributed by atoms with Crippen LogP contribution in [0.15, 0.2) is 64.4 Å². The van der Waals surface area contributed by atoms with Crippen molar-refractivity contribution in [1.29, 1.82) is 0 Å². The van der Waals surface area contributed by atoms with Crippen molar-refractivity contribution >= 4 is 36.8 Å². The maximum atomic E-state index is 13.5. The van der Waals surface area contributed by atoms with Gasteiger partial charge in [0.1, 0.15) is 5.82 Å². The van der Waals surface area contributed by atoms with Gasteiger partial charge in [-0.15, -0.1) is 0 Å². The second-order valence-corrected chi connectivity index (χ2v) is 11.7. The van der Waals surface area contributed by atoms with Crippen LogP contribution in [-0.4, -0.2) is 25.8 Å². The van der Waals surface area contributed by atoms with Gasteiger partial charge in [-0.05, 0) is 86.7 Å². The molecule has 178 valence electrons. The lowest BCUT2D eigenvalue weighted by atomic mass is 10.1. The molecule has 34 heavy (non-hydrogen) atoms. The van der Waals surface area contributed by atoms with Crippen LogP contribution in [0.5, 0.6) is 0 Å². The molecule has 0 aliphatic heterocycles. The zero-order valence-electron chi connectivity index (χ0n) is 19.7. The van der Waals surface area contributed by atoms with Crippen LogP contribution >= 0.6 is 0 Å². The molecule has 3 aromatic carbocycles. The van der Waals surface area contributed by atoms with Crippen LogP contribution in [0.25, 0.3) is 11.0 Å². The van der Waals surface area contributed by atoms with E-state index in [-0.39, 0.29) is 9.79 Å². The number of aryl methyl sites for hydroxylation is 3. The molecule has 9 heteroatoms. The Morgan fingerprint density at radius 3 is 2.24 bits per heavy atom. The Balaban J connectivity index is 1.77. The van der Waals surface area contributed by atoms with Gasteiger partial charge in [-0.25, -0.2) is 25.8 Å². The summed E-state index contributed by atoms with van der Waals surface area (Å²) >= 11 is 0. The van der Waals surface area contributed by atoms with E-state index >= 15 is 0 Å². The molecule has 0 aliphatic carbocycles. The van der Waals surface area contributed by atoms with Gasteiger partial charge in [0.15, 0.2) is 0 Å². The number of anilines is 1. The Labute approximate surface area is 200 Å². The summed E-state index contributed by atoms with van der Waals surface area (Å²) in [5.41, 5.74) is 4.29. The first-order valence-electron chi connectivity index (χ1n) is 10.9. The van der Waals surface area contributed by atoms with Crippen molar-refractivity contribution in [1.82, 2.24) is 8.96 Å². The van der Waals surface area contributed by atoms with Gasteiger partial charge in [-0.1, -0.05) is 31.2 Å². The van der Waals surface area contributed by atoms with Crippen LogP contribution in [0.3, 0.4) is 0 Å². The van der Waals surface area contributed by atoms with E-state index in [0.29, 0.717) is 33.7 Å². The summed E-state index contributed by atoms with van der Waals surface area (Å²) in [5.74, 6) is 0.294. The molecule has 4 aromatic rings. The predicted octanol–water partition coefficient (Wildman–Crippen LogP) is 4.87.